The van der Waals surface area contributed by atoms with E-state index in [9.17, 15) is 9.59 Å². The second-order valence-electron chi connectivity index (χ2n) is 3.75. The second kappa shape index (κ2) is 2.96. The van der Waals surface area contributed by atoms with Gasteiger partial charge in [-0.3, -0.25) is 9.69 Å². The molecule has 82 valence electrons. The zero-order valence-corrected chi connectivity index (χ0v) is 8.14. The van der Waals surface area contributed by atoms with Gasteiger partial charge in [-0.25, -0.2) is 4.79 Å². The normalized spacial score (nSPS) is 36.1. The summed E-state index contributed by atoms with van der Waals surface area (Å²) in [7, 11) is 0. The summed E-state index contributed by atoms with van der Waals surface area (Å²) in [6.07, 6.45) is 1.45. The number of carbonyl (C=O) groups is 2. The van der Waals surface area contributed by atoms with Crippen molar-refractivity contribution in [1.82, 2.24) is 4.90 Å². The van der Waals surface area contributed by atoms with Crippen LogP contribution in [0.4, 0.5) is 0 Å². The molecule has 6 nitrogen and oxygen atoms in total. The van der Waals surface area contributed by atoms with E-state index >= 15 is 0 Å². The van der Waals surface area contributed by atoms with Gasteiger partial charge in [0.25, 0.3) is 0 Å². The summed E-state index contributed by atoms with van der Waals surface area (Å²) >= 11 is 0. The van der Waals surface area contributed by atoms with Crippen LogP contribution >= 0.6 is 0 Å². The molecule has 2 N–H and O–H groups in total. The summed E-state index contributed by atoms with van der Waals surface area (Å²) in [5.41, 5.74) is -0.846. The average molecular weight is 213 g/mol. The minimum Gasteiger partial charge on any atom is -0.479 e. The van der Waals surface area contributed by atoms with Gasteiger partial charge in [0.2, 0.25) is 5.91 Å². The van der Waals surface area contributed by atoms with Crippen molar-refractivity contribution in [2.75, 3.05) is 6.61 Å². The van der Waals surface area contributed by atoms with Gasteiger partial charge in [0.1, 0.15) is 5.76 Å². The minimum atomic E-state index is -1.15. The molecule has 2 heterocycles. The molecular weight excluding hydrogens is 202 g/mol. The number of carboxylic acid groups (broad SMARTS) is 1. The smallest absolute Gasteiger partial charge is 0.334 e. The molecule has 0 bridgehead atoms. The minimum absolute atomic E-state index is 0.137. The molecule has 0 radical (unpaired) electrons. The maximum absolute atomic E-state index is 11.3. The molecule has 0 spiro atoms. The standard InChI is InChI=1S/C9H11NO5/c1-9-4-6(12)10(9)7(8(13)14)5(15-9)2-3-11/h2,7,11H,3-4H2,1H3,(H,13,14)/b5-2-/t7-,9-/m1/s1. The summed E-state index contributed by atoms with van der Waals surface area (Å²) in [4.78, 5) is 23.4. The van der Waals surface area contributed by atoms with Crippen LogP contribution in [0.1, 0.15) is 13.3 Å². The van der Waals surface area contributed by atoms with Crippen LogP contribution in [-0.2, 0) is 14.3 Å². The van der Waals surface area contributed by atoms with E-state index in [0.717, 1.165) is 0 Å². The highest BCUT2D eigenvalue weighted by molar-refractivity contribution is 5.92. The van der Waals surface area contributed by atoms with Gasteiger partial charge in [0, 0.05) is 0 Å². The van der Waals surface area contributed by atoms with Crippen LogP contribution in [0.15, 0.2) is 11.8 Å². The Labute approximate surface area is 85.7 Å². The van der Waals surface area contributed by atoms with Crippen LogP contribution in [0, 0.1) is 0 Å². The van der Waals surface area contributed by atoms with E-state index in [1.54, 1.807) is 6.92 Å². The first kappa shape index (κ1) is 9.97. The highest BCUT2D eigenvalue weighted by Crippen LogP contribution is 2.44. The van der Waals surface area contributed by atoms with Crippen LogP contribution in [0.25, 0.3) is 0 Å². The molecule has 0 unspecified atom stereocenters. The first-order valence-electron chi connectivity index (χ1n) is 4.54. The molecule has 0 aromatic rings. The van der Waals surface area contributed by atoms with Gasteiger partial charge in [0.15, 0.2) is 11.8 Å². The van der Waals surface area contributed by atoms with E-state index in [4.69, 9.17) is 14.9 Å². The second-order valence-corrected chi connectivity index (χ2v) is 3.75. The fourth-order valence-electron chi connectivity index (χ4n) is 2.04. The van der Waals surface area contributed by atoms with Crippen LogP contribution in [0.5, 0.6) is 0 Å². The quantitative estimate of drug-likeness (QED) is 0.592. The molecular formula is C9H11NO5. The molecule has 2 saturated heterocycles. The van der Waals surface area contributed by atoms with E-state index < -0.39 is 17.7 Å². The lowest BCUT2D eigenvalue weighted by Gasteiger charge is -2.42. The lowest BCUT2D eigenvalue weighted by Crippen LogP contribution is -2.62. The van der Waals surface area contributed by atoms with Crippen molar-refractivity contribution in [2.45, 2.75) is 25.1 Å². The summed E-state index contributed by atoms with van der Waals surface area (Å²) in [5, 5.41) is 17.7. The lowest BCUT2D eigenvalue weighted by molar-refractivity contribution is -0.182. The molecule has 2 rings (SSSR count). The number of aliphatic hydroxyl groups excluding tert-OH is 1. The van der Waals surface area contributed by atoms with E-state index in [1.807, 2.05) is 0 Å². The number of aliphatic carboxylic acids is 1. The van der Waals surface area contributed by atoms with E-state index in [1.165, 1.54) is 11.0 Å². The van der Waals surface area contributed by atoms with Gasteiger partial charge in [0.05, 0.1) is 13.0 Å². The average Bonchev–Trinajstić information content (AvgIpc) is 2.34. The highest BCUT2D eigenvalue weighted by atomic mass is 16.5. The van der Waals surface area contributed by atoms with Crippen LogP contribution < -0.4 is 0 Å². The molecule has 0 saturated carbocycles. The Bertz CT molecular complexity index is 364. The Hall–Kier alpha value is -1.56. The van der Waals surface area contributed by atoms with Crippen molar-refractivity contribution in [3.8, 4) is 0 Å². The number of aliphatic hydroxyl groups is 1. The number of β-lactam (4-membered cyclic amide) rings is 1. The number of amides is 1. The number of nitrogens with zero attached hydrogens (tertiary/aromatic N) is 1. The maximum atomic E-state index is 11.3. The van der Waals surface area contributed by atoms with Gasteiger partial charge in [-0.1, -0.05) is 0 Å². The van der Waals surface area contributed by atoms with Gasteiger partial charge in [-0.05, 0) is 13.0 Å². The van der Waals surface area contributed by atoms with Gasteiger partial charge in [-0.2, -0.15) is 0 Å². The Morgan fingerprint density at radius 3 is 2.93 bits per heavy atom. The summed E-state index contributed by atoms with van der Waals surface area (Å²) in [6.45, 7) is 1.35. The van der Waals surface area contributed by atoms with E-state index in [2.05, 4.69) is 0 Å². The van der Waals surface area contributed by atoms with Crippen LogP contribution in [-0.4, -0.2) is 45.4 Å². The number of ether oxygens (including phenoxy) is 1. The van der Waals surface area contributed by atoms with Gasteiger partial charge < -0.3 is 14.9 Å². The third-order valence-electron chi connectivity index (χ3n) is 2.65. The largest absolute Gasteiger partial charge is 0.479 e. The molecule has 2 atom stereocenters. The zero-order chi connectivity index (χ0) is 11.2. The predicted molar refractivity (Wildman–Crippen MR) is 47.5 cm³/mol. The molecule has 2 aliphatic heterocycles. The molecule has 2 fully saturated rings. The number of hydrogen-bond donors (Lipinski definition) is 2. The fourth-order valence-corrected chi connectivity index (χ4v) is 2.04. The molecule has 15 heavy (non-hydrogen) atoms. The number of rotatable bonds is 2. The van der Waals surface area contributed by atoms with Crippen LogP contribution in [0.3, 0.4) is 0 Å². The Morgan fingerprint density at radius 1 is 1.80 bits per heavy atom. The molecule has 1 amide bonds. The van der Waals surface area contributed by atoms with Crippen molar-refractivity contribution in [3.63, 3.8) is 0 Å². The first-order valence-corrected chi connectivity index (χ1v) is 4.54. The maximum Gasteiger partial charge on any atom is 0.334 e. The Balaban J connectivity index is 2.35. The van der Waals surface area contributed by atoms with Crippen molar-refractivity contribution in [1.29, 1.82) is 0 Å². The SMILES string of the molecule is C[C@@]12CC(=O)N1[C@@H](C(=O)O)/C(=C/CO)O2. The summed E-state index contributed by atoms with van der Waals surface area (Å²) in [6, 6.07) is -1.09. The molecule has 2 aliphatic rings. The first-order chi connectivity index (χ1) is 6.99. The molecule has 0 aromatic carbocycles. The van der Waals surface area contributed by atoms with Crippen molar-refractivity contribution in [2.24, 2.45) is 0 Å². The van der Waals surface area contributed by atoms with Gasteiger partial charge >= 0.3 is 5.97 Å². The zero-order valence-electron chi connectivity index (χ0n) is 8.14. The Kier molecular flexibility index (Phi) is 1.97. The molecule has 0 aliphatic carbocycles. The van der Waals surface area contributed by atoms with Crippen molar-refractivity contribution in [3.05, 3.63) is 11.8 Å². The molecule has 6 heteroatoms. The number of carboxylic acids is 1. The third-order valence-corrected chi connectivity index (χ3v) is 2.65. The van der Waals surface area contributed by atoms with Crippen molar-refractivity contribution >= 4 is 11.9 Å². The topological polar surface area (TPSA) is 87.1 Å². The van der Waals surface area contributed by atoms with E-state index in [0.29, 0.717) is 0 Å². The number of fused-ring (bicyclic) bond motifs is 1. The van der Waals surface area contributed by atoms with E-state index in [-0.39, 0.29) is 24.7 Å². The highest BCUT2D eigenvalue weighted by Gasteiger charge is 2.61. The number of carbonyl (C=O) groups excluding carboxylic acids is 1. The Morgan fingerprint density at radius 2 is 2.47 bits per heavy atom. The summed E-state index contributed by atoms with van der Waals surface area (Å²) < 4.78 is 5.36. The predicted octanol–water partition coefficient (Wildman–Crippen LogP) is -0.706. The molecule has 0 aromatic heterocycles. The third kappa shape index (κ3) is 1.21. The number of hydrogen-bond acceptors (Lipinski definition) is 4. The van der Waals surface area contributed by atoms with Gasteiger partial charge in [-0.15, -0.1) is 0 Å². The lowest BCUT2D eigenvalue weighted by atomic mass is 9.98. The monoisotopic (exact) mass is 213 g/mol. The summed E-state index contributed by atoms with van der Waals surface area (Å²) in [5.74, 6) is -1.25. The van der Waals surface area contributed by atoms with Crippen molar-refractivity contribution < 1.29 is 24.5 Å². The fraction of sp³-hybridized carbons (Fsp3) is 0.556. The van der Waals surface area contributed by atoms with Crippen LogP contribution in [0.2, 0.25) is 0 Å².